The molecule has 0 aromatic heterocycles. The number of rotatable bonds is 6. The van der Waals surface area contributed by atoms with Crippen molar-refractivity contribution in [2.45, 2.75) is 18.6 Å². The summed E-state index contributed by atoms with van der Waals surface area (Å²) in [6, 6.07) is 3.05. The Morgan fingerprint density at radius 1 is 1.44 bits per heavy atom. The SMILES string of the molecule is C[SiH2]O[SiH2]CC[SiH2]PC. The van der Waals surface area contributed by atoms with Crippen molar-refractivity contribution >= 4 is 36.8 Å². The second-order valence-electron chi connectivity index (χ2n) is 2.01. The first-order valence-electron chi connectivity index (χ1n) is 3.64. The Morgan fingerprint density at radius 3 is 2.78 bits per heavy atom. The maximum atomic E-state index is 5.48. The quantitative estimate of drug-likeness (QED) is 0.315. The van der Waals surface area contributed by atoms with Gasteiger partial charge in [-0.25, -0.2) is 0 Å². The minimum atomic E-state index is -0.0408. The van der Waals surface area contributed by atoms with Crippen LogP contribution in [0.3, 0.4) is 0 Å². The van der Waals surface area contributed by atoms with Gasteiger partial charge in [0, 0.05) is 9.19 Å². The van der Waals surface area contributed by atoms with Crippen molar-refractivity contribution in [1.82, 2.24) is 0 Å². The van der Waals surface area contributed by atoms with Crippen LogP contribution in [0.1, 0.15) is 0 Å². The van der Waals surface area contributed by atoms with Gasteiger partial charge in [0.05, 0.1) is 0 Å². The molecule has 0 amide bonds. The Morgan fingerprint density at radius 2 is 2.22 bits per heavy atom. The maximum absolute atomic E-state index is 5.48. The smallest absolute Gasteiger partial charge is 0.145 e. The molecule has 0 rings (SSSR count). The molecule has 0 aliphatic carbocycles. The van der Waals surface area contributed by atoms with Gasteiger partial charge >= 0.3 is 0 Å². The van der Waals surface area contributed by atoms with Crippen LogP contribution in [0.15, 0.2) is 0 Å². The van der Waals surface area contributed by atoms with Gasteiger partial charge in [-0.3, -0.25) is 0 Å². The van der Waals surface area contributed by atoms with E-state index in [1.54, 1.807) is 6.04 Å². The Labute approximate surface area is 66.7 Å². The zero-order chi connectivity index (χ0) is 6.95. The zero-order valence-electron chi connectivity index (χ0n) is 6.44. The van der Waals surface area contributed by atoms with E-state index in [0.717, 1.165) is 0 Å². The molecule has 0 spiro atoms. The largest absolute Gasteiger partial charge is 0.465 e. The summed E-state index contributed by atoms with van der Waals surface area (Å²) in [5, 5.41) is 0. The summed E-state index contributed by atoms with van der Waals surface area (Å²) >= 11 is 0. The number of hydrogen-bond acceptors (Lipinski definition) is 1. The highest BCUT2D eigenvalue weighted by atomic mass is 31.3. The highest BCUT2D eigenvalue weighted by Gasteiger charge is 1.87. The molecule has 9 heavy (non-hydrogen) atoms. The first-order valence-corrected chi connectivity index (χ1v) is 12.0. The van der Waals surface area contributed by atoms with Gasteiger partial charge in [0.15, 0.2) is 0 Å². The van der Waals surface area contributed by atoms with E-state index in [1.165, 1.54) is 14.2 Å². The molecule has 0 bridgehead atoms. The summed E-state index contributed by atoms with van der Waals surface area (Å²) in [5.74, 6) is 0. The summed E-state index contributed by atoms with van der Waals surface area (Å²) in [7, 11) is 1.63. The van der Waals surface area contributed by atoms with E-state index in [4.69, 9.17) is 4.12 Å². The lowest BCUT2D eigenvalue weighted by atomic mass is 11.0. The number of hydrogen-bond donors (Lipinski definition) is 0. The topological polar surface area (TPSA) is 9.23 Å². The van der Waals surface area contributed by atoms with E-state index in [-0.39, 0.29) is 19.5 Å². The minimum Gasteiger partial charge on any atom is -0.465 e. The maximum Gasteiger partial charge on any atom is 0.145 e. The molecule has 1 unspecified atom stereocenters. The molecule has 0 N–H and O–H groups in total. The van der Waals surface area contributed by atoms with E-state index in [0.29, 0.717) is 9.19 Å². The fourth-order valence-electron chi connectivity index (χ4n) is 0.650. The third-order valence-electron chi connectivity index (χ3n) is 1.17. The Hall–Kier alpha value is 1.04. The molecule has 0 aliphatic rings. The lowest BCUT2D eigenvalue weighted by Gasteiger charge is -1.97. The first kappa shape index (κ1) is 10.0. The van der Waals surface area contributed by atoms with Gasteiger partial charge in [-0.15, -0.1) is 8.13 Å². The lowest BCUT2D eigenvalue weighted by Crippen LogP contribution is -1.99. The molecule has 0 saturated heterocycles. The second kappa shape index (κ2) is 9.04. The van der Waals surface area contributed by atoms with E-state index in [1.807, 2.05) is 0 Å². The standard InChI is InChI=1S/C4H17OPSi3/c1-6-9-4-3-8-5-7-2/h6H,3-4,7-9H2,1-2H3. The fourth-order valence-corrected chi connectivity index (χ4v) is 8.10. The van der Waals surface area contributed by atoms with Gasteiger partial charge in [-0.1, -0.05) is 19.3 Å². The second-order valence-corrected chi connectivity index (χ2v) is 10.9. The molecule has 56 valence electrons. The van der Waals surface area contributed by atoms with Crippen molar-refractivity contribution in [3.05, 3.63) is 0 Å². The summed E-state index contributed by atoms with van der Waals surface area (Å²) in [5.41, 5.74) is 0. The summed E-state index contributed by atoms with van der Waals surface area (Å²) in [6.07, 6.45) is 0. The summed E-state index contributed by atoms with van der Waals surface area (Å²) in [4.78, 5) is 0. The predicted molar refractivity (Wildman–Crippen MR) is 56.4 cm³/mol. The lowest BCUT2D eigenvalue weighted by molar-refractivity contribution is 0.644. The van der Waals surface area contributed by atoms with Crippen molar-refractivity contribution in [1.29, 1.82) is 0 Å². The molecular weight excluding hydrogens is 179 g/mol. The molecule has 0 aromatic rings. The van der Waals surface area contributed by atoms with Crippen LogP contribution in [-0.4, -0.2) is 35.4 Å². The molecule has 0 aromatic carbocycles. The zero-order valence-corrected chi connectivity index (χ0v) is 11.7. The molecule has 0 aliphatic heterocycles. The molecule has 1 atom stereocenters. The van der Waals surface area contributed by atoms with Crippen LogP contribution in [0, 0.1) is 0 Å². The Kier molecular flexibility index (Phi) is 10.1. The van der Waals surface area contributed by atoms with Gasteiger partial charge < -0.3 is 4.12 Å². The van der Waals surface area contributed by atoms with Crippen molar-refractivity contribution in [2.24, 2.45) is 0 Å². The molecule has 1 nitrogen and oxygen atoms in total. The molecule has 0 radical (unpaired) electrons. The van der Waals surface area contributed by atoms with E-state index in [9.17, 15) is 0 Å². The van der Waals surface area contributed by atoms with Crippen molar-refractivity contribution in [2.75, 3.05) is 6.66 Å². The highest BCUT2D eigenvalue weighted by Crippen LogP contribution is 2.03. The van der Waals surface area contributed by atoms with Gasteiger partial charge in [0.1, 0.15) is 19.5 Å². The predicted octanol–water partition coefficient (Wildman–Crippen LogP) is -0.553. The normalized spacial score (nSPS) is 15.3. The van der Waals surface area contributed by atoms with Gasteiger partial charge in [0.2, 0.25) is 0 Å². The van der Waals surface area contributed by atoms with Crippen LogP contribution in [-0.2, 0) is 4.12 Å². The molecule has 5 heteroatoms. The van der Waals surface area contributed by atoms with Crippen LogP contribution >= 0.6 is 8.13 Å². The Balaban J connectivity index is 2.60. The van der Waals surface area contributed by atoms with Crippen molar-refractivity contribution in [3.63, 3.8) is 0 Å². The fraction of sp³-hybridized carbons (Fsp3) is 1.00. The highest BCUT2D eigenvalue weighted by molar-refractivity contribution is 7.70. The molecule has 0 heterocycles. The van der Waals surface area contributed by atoms with Crippen LogP contribution in [0.25, 0.3) is 0 Å². The average molecular weight is 196 g/mol. The Bertz CT molecular complexity index is 49.1. The molecule has 0 saturated carbocycles. The van der Waals surface area contributed by atoms with Crippen LogP contribution in [0.5, 0.6) is 0 Å². The average Bonchev–Trinajstić information content (AvgIpc) is 1.89. The minimum absolute atomic E-state index is 0.00813. The van der Waals surface area contributed by atoms with Crippen LogP contribution < -0.4 is 0 Å². The van der Waals surface area contributed by atoms with Crippen LogP contribution in [0.4, 0.5) is 0 Å². The van der Waals surface area contributed by atoms with Gasteiger partial charge in [-0.05, 0) is 6.04 Å². The van der Waals surface area contributed by atoms with Crippen molar-refractivity contribution < 1.29 is 4.12 Å². The first-order chi connectivity index (χ1) is 4.41. The summed E-state index contributed by atoms with van der Waals surface area (Å²) in [6.45, 7) is 4.56. The summed E-state index contributed by atoms with van der Waals surface area (Å²) < 4.78 is 5.48. The van der Waals surface area contributed by atoms with Crippen LogP contribution in [0.2, 0.25) is 18.6 Å². The molecular formula is C4H17OPSi3. The van der Waals surface area contributed by atoms with E-state index >= 15 is 0 Å². The van der Waals surface area contributed by atoms with Crippen molar-refractivity contribution in [3.8, 4) is 0 Å². The third-order valence-corrected chi connectivity index (χ3v) is 9.66. The monoisotopic (exact) mass is 196 g/mol. The molecule has 0 fully saturated rings. The van der Waals surface area contributed by atoms with Gasteiger partial charge in [0.25, 0.3) is 0 Å². The van der Waals surface area contributed by atoms with Gasteiger partial charge in [-0.2, -0.15) is 0 Å². The van der Waals surface area contributed by atoms with E-state index < -0.39 is 0 Å². The van der Waals surface area contributed by atoms with E-state index in [2.05, 4.69) is 13.2 Å². The third kappa shape index (κ3) is 9.04.